The van der Waals surface area contributed by atoms with Crippen LogP contribution in [-0.4, -0.2) is 38.0 Å². The Hall–Kier alpha value is -2.35. The third-order valence-corrected chi connectivity index (χ3v) is 5.81. The van der Waals surface area contributed by atoms with Crippen LogP contribution in [0.2, 0.25) is 0 Å². The van der Waals surface area contributed by atoms with E-state index in [1.807, 2.05) is 0 Å². The molecule has 1 aromatic carbocycles. The van der Waals surface area contributed by atoms with E-state index in [1.165, 1.54) is 12.1 Å². The van der Waals surface area contributed by atoms with Crippen LogP contribution in [-0.2, 0) is 14.6 Å². The number of benzene rings is 1. The van der Waals surface area contributed by atoms with Gasteiger partial charge in [-0.3, -0.25) is 4.79 Å². The zero-order valence-corrected chi connectivity index (χ0v) is 13.9. The fourth-order valence-electron chi connectivity index (χ4n) is 2.76. The molecule has 0 saturated carbocycles. The second-order valence-electron chi connectivity index (χ2n) is 6.19. The lowest BCUT2D eigenvalue weighted by atomic mass is 10.0. The maximum Gasteiger partial charge on any atom is 0.336 e. The molecule has 1 aliphatic rings. The van der Waals surface area contributed by atoms with Crippen molar-refractivity contribution in [2.45, 2.75) is 18.9 Å². The SMILES string of the molecule is CC1(NC(=O)COc2ccc3ccc(=O)oc3c2)CCS(=O)(=O)C1. The van der Waals surface area contributed by atoms with Crippen LogP contribution in [0.5, 0.6) is 5.75 Å². The molecule has 0 bridgehead atoms. The molecule has 2 aromatic rings. The summed E-state index contributed by atoms with van der Waals surface area (Å²) in [5.74, 6) is 0.00158. The molecule has 7 nitrogen and oxygen atoms in total. The van der Waals surface area contributed by atoms with Crippen LogP contribution < -0.4 is 15.7 Å². The Morgan fingerprint density at radius 1 is 1.33 bits per heavy atom. The molecule has 3 rings (SSSR count). The maximum absolute atomic E-state index is 12.0. The first kappa shape index (κ1) is 16.5. The number of carbonyl (C=O) groups is 1. The van der Waals surface area contributed by atoms with Crippen LogP contribution in [0.1, 0.15) is 13.3 Å². The van der Waals surface area contributed by atoms with Gasteiger partial charge in [0.1, 0.15) is 11.3 Å². The van der Waals surface area contributed by atoms with Crippen molar-refractivity contribution in [2.24, 2.45) is 0 Å². The third-order valence-electron chi connectivity index (χ3n) is 3.91. The lowest BCUT2D eigenvalue weighted by Crippen LogP contribution is -2.48. The van der Waals surface area contributed by atoms with Crippen molar-refractivity contribution >= 4 is 26.7 Å². The van der Waals surface area contributed by atoms with Gasteiger partial charge in [0.25, 0.3) is 5.91 Å². The molecule has 1 unspecified atom stereocenters. The molecule has 8 heteroatoms. The highest BCUT2D eigenvalue weighted by Crippen LogP contribution is 2.23. The molecular weight excluding hydrogens is 334 g/mol. The van der Waals surface area contributed by atoms with Crippen LogP contribution in [0.3, 0.4) is 0 Å². The molecule has 1 aromatic heterocycles. The average molecular weight is 351 g/mol. The summed E-state index contributed by atoms with van der Waals surface area (Å²) in [5.41, 5.74) is -0.850. The van der Waals surface area contributed by atoms with Crippen LogP contribution >= 0.6 is 0 Å². The summed E-state index contributed by atoms with van der Waals surface area (Å²) in [6.07, 6.45) is 0.391. The molecule has 128 valence electrons. The summed E-state index contributed by atoms with van der Waals surface area (Å²) < 4.78 is 33.5. The van der Waals surface area contributed by atoms with Gasteiger partial charge >= 0.3 is 5.63 Å². The summed E-state index contributed by atoms with van der Waals surface area (Å²) in [6, 6.07) is 7.88. The van der Waals surface area contributed by atoms with Gasteiger partial charge < -0.3 is 14.5 Å². The first-order valence-electron chi connectivity index (χ1n) is 7.43. The van der Waals surface area contributed by atoms with Crippen molar-refractivity contribution in [3.8, 4) is 5.75 Å². The Morgan fingerprint density at radius 3 is 2.79 bits per heavy atom. The average Bonchev–Trinajstić information content (AvgIpc) is 2.78. The number of fused-ring (bicyclic) bond motifs is 1. The molecule has 1 amide bonds. The van der Waals surface area contributed by atoms with Crippen molar-refractivity contribution in [1.82, 2.24) is 5.32 Å². The first-order chi connectivity index (χ1) is 11.2. The molecule has 1 fully saturated rings. The van der Waals surface area contributed by atoms with E-state index < -0.39 is 26.9 Å². The van der Waals surface area contributed by atoms with Crippen molar-refractivity contribution in [1.29, 1.82) is 0 Å². The molecule has 0 spiro atoms. The maximum atomic E-state index is 12.0. The Balaban J connectivity index is 1.63. The Morgan fingerprint density at radius 2 is 2.08 bits per heavy atom. The predicted molar refractivity (Wildman–Crippen MR) is 87.8 cm³/mol. The van der Waals surface area contributed by atoms with Crippen LogP contribution in [0.15, 0.2) is 39.5 Å². The summed E-state index contributed by atoms with van der Waals surface area (Å²) in [7, 11) is -3.09. The van der Waals surface area contributed by atoms with Crippen molar-refractivity contribution in [3.05, 3.63) is 40.8 Å². The van der Waals surface area contributed by atoms with Crippen LogP contribution in [0.4, 0.5) is 0 Å². The largest absolute Gasteiger partial charge is 0.484 e. The van der Waals surface area contributed by atoms with E-state index in [4.69, 9.17) is 9.15 Å². The van der Waals surface area contributed by atoms with E-state index in [-0.39, 0.29) is 18.1 Å². The van der Waals surface area contributed by atoms with Crippen molar-refractivity contribution < 1.29 is 22.4 Å². The highest BCUT2D eigenvalue weighted by Gasteiger charge is 2.39. The minimum absolute atomic E-state index is 0.0626. The fourth-order valence-corrected chi connectivity index (χ4v) is 4.85. The number of ether oxygens (including phenoxy) is 1. The number of rotatable bonds is 4. The van der Waals surface area contributed by atoms with Gasteiger partial charge in [-0.1, -0.05) is 0 Å². The van der Waals surface area contributed by atoms with Gasteiger partial charge in [0.2, 0.25) is 0 Å². The molecule has 1 atom stereocenters. The second kappa shape index (κ2) is 5.94. The zero-order chi connectivity index (χ0) is 17.4. The zero-order valence-electron chi connectivity index (χ0n) is 13.1. The number of hydrogen-bond donors (Lipinski definition) is 1. The van der Waals surface area contributed by atoms with E-state index >= 15 is 0 Å². The van der Waals surface area contributed by atoms with E-state index in [0.29, 0.717) is 17.8 Å². The molecule has 0 aliphatic carbocycles. The van der Waals surface area contributed by atoms with E-state index in [2.05, 4.69) is 5.32 Å². The number of hydrogen-bond acceptors (Lipinski definition) is 6. The topological polar surface area (TPSA) is 103 Å². The van der Waals surface area contributed by atoms with Crippen molar-refractivity contribution in [2.75, 3.05) is 18.1 Å². The second-order valence-corrected chi connectivity index (χ2v) is 8.38. The van der Waals surface area contributed by atoms with Gasteiger partial charge in [-0.25, -0.2) is 13.2 Å². The highest BCUT2D eigenvalue weighted by atomic mass is 32.2. The normalized spacial score (nSPS) is 22.4. The molecular formula is C16H17NO6S. The number of nitrogens with one attached hydrogen (secondary N) is 1. The highest BCUT2D eigenvalue weighted by molar-refractivity contribution is 7.91. The smallest absolute Gasteiger partial charge is 0.336 e. The molecule has 1 N–H and O–H groups in total. The third kappa shape index (κ3) is 3.76. The lowest BCUT2D eigenvalue weighted by Gasteiger charge is -2.23. The van der Waals surface area contributed by atoms with E-state index in [0.717, 1.165) is 5.39 Å². The van der Waals surface area contributed by atoms with Crippen molar-refractivity contribution in [3.63, 3.8) is 0 Å². The summed E-state index contributed by atoms with van der Waals surface area (Å²) >= 11 is 0. The lowest BCUT2D eigenvalue weighted by molar-refractivity contribution is -0.124. The number of amides is 1. The van der Waals surface area contributed by atoms with Gasteiger partial charge in [0, 0.05) is 17.5 Å². The van der Waals surface area contributed by atoms with E-state index in [9.17, 15) is 18.0 Å². The van der Waals surface area contributed by atoms with Gasteiger partial charge in [0.05, 0.1) is 17.0 Å². The molecule has 24 heavy (non-hydrogen) atoms. The number of sulfone groups is 1. The van der Waals surface area contributed by atoms with E-state index in [1.54, 1.807) is 25.1 Å². The summed E-state index contributed by atoms with van der Waals surface area (Å²) in [6.45, 7) is 1.46. The number of carbonyl (C=O) groups excluding carboxylic acids is 1. The van der Waals surface area contributed by atoms with Gasteiger partial charge in [-0.2, -0.15) is 0 Å². The monoisotopic (exact) mass is 351 g/mol. The minimum atomic E-state index is -3.09. The predicted octanol–water partition coefficient (Wildman–Crippen LogP) is 0.865. The first-order valence-corrected chi connectivity index (χ1v) is 9.25. The molecule has 0 radical (unpaired) electrons. The molecule has 1 saturated heterocycles. The Kier molecular flexibility index (Phi) is 4.08. The quantitative estimate of drug-likeness (QED) is 0.820. The summed E-state index contributed by atoms with van der Waals surface area (Å²) in [4.78, 5) is 23.2. The standard InChI is InChI=1S/C16H17NO6S/c1-16(6-7-24(20,21)10-16)17-14(18)9-22-12-4-2-11-3-5-15(19)23-13(11)8-12/h2-5,8H,6-7,9-10H2,1H3,(H,17,18). The summed E-state index contributed by atoms with van der Waals surface area (Å²) in [5, 5.41) is 3.46. The molecule has 1 aliphatic heterocycles. The van der Waals surface area contributed by atoms with Gasteiger partial charge in [-0.05, 0) is 31.5 Å². The van der Waals surface area contributed by atoms with Gasteiger partial charge in [0.15, 0.2) is 16.4 Å². The van der Waals surface area contributed by atoms with Gasteiger partial charge in [-0.15, -0.1) is 0 Å². The Bertz CT molecular complexity index is 948. The minimum Gasteiger partial charge on any atom is -0.484 e. The van der Waals surface area contributed by atoms with Crippen LogP contribution in [0.25, 0.3) is 11.0 Å². The van der Waals surface area contributed by atoms with Crippen LogP contribution in [0, 0.1) is 0 Å². The molecule has 2 heterocycles. The Labute approximate surface area is 138 Å². The fraction of sp³-hybridized carbons (Fsp3) is 0.375.